The number of benzene rings is 1. The fourth-order valence-corrected chi connectivity index (χ4v) is 3.06. The average molecular weight is 305 g/mol. The molecule has 0 fully saturated rings. The molecule has 0 radical (unpaired) electrons. The highest BCUT2D eigenvalue weighted by atomic mass is 32.2. The first-order chi connectivity index (χ1) is 9.86. The Morgan fingerprint density at radius 3 is 2.48 bits per heavy atom. The molecule has 0 saturated carbocycles. The van der Waals surface area contributed by atoms with Crippen LogP contribution in [-0.2, 0) is 16.7 Å². The van der Waals surface area contributed by atoms with Crippen LogP contribution in [0.1, 0.15) is 24.2 Å². The monoisotopic (exact) mass is 305 g/mol. The van der Waals surface area contributed by atoms with Crippen LogP contribution in [0.25, 0.3) is 11.3 Å². The average Bonchev–Trinajstić information content (AvgIpc) is 2.45. The largest absolute Gasteiger partial charge is 0.744 e. The number of ketones is 1. The van der Waals surface area contributed by atoms with Gasteiger partial charge in [0.1, 0.15) is 16.7 Å². The number of carbonyl (C=O) groups is 1. The Morgan fingerprint density at radius 2 is 1.90 bits per heavy atom. The van der Waals surface area contributed by atoms with Crippen molar-refractivity contribution in [3.8, 4) is 11.3 Å². The minimum absolute atomic E-state index is 0.0547. The lowest BCUT2D eigenvalue weighted by molar-refractivity contribution is -0.682. The Bertz CT molecular complexity index is 797. The van der Waals surface area contributed by atoms with Gasteiger partial charge in [0, 0.05) is 17.7 Å². The van der Waals surface area contributed by atoms with E-state index in [1.54, 1.807) is 18.2 Å². The Hall–Kier alpha value is -2.05. The molecule has 5 nitrogen and oxygen atoms in total. The van der Waals surface area contributed by atoms with Crippen molar-refractivity contribution in [1.82, 2.24) is 0 Å². The summed E-state index contributed by atoms with van der Waals surface area (Å²) in [6.07, 6.45) is 1.83. The molecule has 0 spiro atoms. The summed E-state index contributed by atoms with van der Waals surface area (Å²) >= 11 is 0. The van der Waals surface area contributed by atoms with Gasteiger partial charge < -0.3 is 4.55 Å². The molecule has 0 aliphatic heterocycles. The highest BCUT2D eigenvalue weighted by Crippen LogP contribution is 2.27. The molecule has 1 aromatic heterocycles. The molecule has 6 heteroatoms. The lowest BCUT2D eigenvalue weighted by Gasteiger charge is -2.14. The van der Waals surface area contributed by atoms with E-state index < -0.39 is 20.8 Å². The number of rotatable bonds is 4. The standard InChI is InChI=1S/C15H15NO4S/c1-3-16-10-5-4-8-13(16)12-7-6-9-14(21(18,19)20)15(12)11(2)17/h4-10H,3H2,1-2H3. The zero-order chi connectivity index (χ0) is 15.6. The van der Waals surface area contributed by atoms with Gasteiger partial charge in [-0.1, -0.05) is 6.07 Å². The van der Waals surface area contributed by atoms with Crippen molar-refractivity contribution in [3.63, 3.8) is 0 Å². The summed E-state index contributed by atoms with van der Waals surface area (Å²) in [6, 6.07) is 9.71. The Balaban J connectivity index is 2.85. The molecule has 2 aromatic rings. The molecule has 0 aliphatic rings. The summed E-state index contributed by atoms with van der Waals surface area (Å²) in [5.41, 5.74) is 1.08. The van der Waals surface area contributed by atoms with Crippen LogP contribution in [-0.4, -0.2) is 18.8 Å². The van der Waals surface area contributed by atoms with Crippen molar-refractivity contribution in [2.75, 3.05) is 0 Å². The third-order valence-electron chi connectivity index (χ3n) is 3.20. The summed E-state index contributed by atoms with van der Waals surface area (Å²) in [7, 11) is -4.71. The van der Waals surface area contributed by atoms with E-state index in [4.69, 9.17) is 0 Å². The quantitative estimate of drug-likeness (QED) is 0.490. The van der Waals surface area contributed by atoms with Crippen LogP contribution in [0, 0.1) is 0 Å². The van der Waals surface area contributed by atoms with Crippen LogP contribution in [0.4, 0.5) is 0 Å². The lowest BCUT2D eigenvalue weighted by atomic mass is 10.0. The summed E-state index contributed by atoms with van der Waals surface area (Å²) in [4.78, 5) is 11.4. The van der Waals surface area contributed by atoms with Crippen LogP contribution in [0.2, 0.25) is 0 Å². The third kappa shape index (κ3) is 3.01. The van der Waals surface area contributed by atoms with E-state index >= 15 is 0 Å². The molecular weight excluding hydrogens is 290 g/mol. The number of carbonyl (C=O) groups excluding carboxylic acids is 1. The molecule has 110 valence electrons. The van der Waals surface area contributed by atoms with E-state index in [9.17, 15) is 17.8 Å². The molecule has 1 heterocycles. The minimum Gasteiger partial charge on any atom is -0.744 e. The number of hydrogen-bond acceptors (Lipinski definition) is 4. The second-order valence-electron chi connectivity index (χ2n) is 4.56. The molecular formula is C15H15NO4S. The van der Waals surface area contributed by atoms with Crippen molar-refractivity contribution in [3.05, 3.63) is 48.2 Å². The van der Waals surface area contributed by atoms with Gasteiger partial charge in [0.05, 0.1) is 10.5 Å². The predicted octanol–water partition coefficient (Wildman–Crippen LogP) is 1.77. The zero-order valence-corrected chi connectivity index (χ0v) is 12.6. The van der Waals surface area contributed by atoms with Crippen LogP contribution >= 0.6 is 0 Å². The van der Waals surface area contributed by atoms with Gasteiger partial charge in [0.25, 0.3) is 0 Å². The molecule has 0 amide bonds. The lowest BCUT2D eigenvalue weighted by Crippen LogP contribution is -2.34. The van der Waals surface area contributed by atoms with Gasteiger partial charge >= 0.3 is 0 Å². The van der Waals surface area contributed by atoms with E-state index in [0.29, 0.717) is 17.8 Å². The molecule has 0 N–H and O–H groups in total. The van der Waals surface area contributed by atoms with Crippen LogP contribution in [0.15, 0.2) is 47.5 Å². The van der Waals surface area contributed by atoms with Gasteiger partial charge in [-0.3, -0.25) is 4.79 Å². The number of aryl methyl sites for hydroxylation is 1. The van der Waals surface area contributed by atoms with Crippen molar-refractivity contribution in [1.29, 1.82) is 0 Å². The molecule has 0 unspecified atom stereocenters. The van der Waals surface area contributed by atoms with Crippen LogP contribution in [0.3, 0.4) is 0 Å². The van der Waals surface area contributed by atoms with E-state index in [1.165, 1.54) is 19.1 Å². The minimum atomic E-state index is -4.71. The molecule has 2 rings (SSSR count). The highest BCUT2D eigenvalue weighted by molar-refractivity contribution is 7.85. The Labute approximate surface area is 123 Å². The van der Waals surface area contributed by atoms with Gasteiger partial charge in [-0.25, -0.2) is 8.42 Å². The van der Waals surface area contributed by atoms with Gasteiger partial charge in [-0.2, -0.15) is 4.57 Å². The maximum absolute atomic E-state index is 11.9. The van der Waals surface area contributed by atoms with Crippen molar-refractivity contribution >= 4 is 15.9 Å². The first kappa shape index (κ1) is 15.3. The summed E-state index contributed by atoms with van der Waals surface area (Å²) in [5.74, 6) is -0.452. The molecule has 21 heavy (non-hydrogen) atoms. The molecule has 1 aromatic carbocycles. The normalized spacial score (nSPS) is 11.4. The second kappa shape index (κ2) is 5.75. The maximum atomic E-state index is 11.9. The maximum Gasteiger partial charge on any atom is 0.213 e. The van der Waals surface area contributed by atoms with Gasteiger partial charge in [0.15, 0.2) is 12.0 Å². The number of Topliss-reactive ketones (excluding diaryl/α,β-unsaturated/α-hetero) is 1. The molecule has 0 saturated heterocycles. The smallest absolute Gasteiger partial charge is 0.213 e. The highest BCUT2D eigenvalue weighted by Gasteiger charge is 2.22. The molecule has 0 atom stereocenters. The van der Waals surface area contributed by atoms with Crippen LogP contribution in [0.5, 0.6) is 0 Å². The third-order valence-corrected chi connectivity index (χ3v) is 4.08. The number of aromatic nitrogens is 1. The fourth-order valence-electron chi connectivity index (χ4n) is 2.31. The van der Waals surface area contributed by atoms with E-state index in [0.717, 1.165) is 0 Å². The zero-order valence-electron chi connectivity index (χ0n) is 11.7. The van der Waals surface area contributed by atoms with E-state index in [1.807, 2.05) is 23.8 Å². The number of nitrogens with zero attached hydrogens (tertiary/aromatic N) is 1. The van der Waals surface area contributed by atoms with Gasteiger partial charge in [-0.15, -0.1) is 0 Å². The molecule has 0 aliphatic carbocycles. The summed E-state index contributed by atoms with van der Waals surface area (Å²) in [6.45, 7) is 3.85. The second-order valence-corrected chi connectivity index (χ2v) is 5.91. The SMILES string of the molecule is CC[n+]1ccccc1-c1cccc(S(=O)(=O)[O-])c1C(C)=O. The first-order valence-electron chi connectivity index (χ1n) is 6.45. The number of pyridine rings is 1. The summed E-state index contributed by atoms with van der Waals surface area (Å²) < 4.78 is 36.0. The van der Waals surface area contributed by atoms with E-state index in [2.05, 4.69) is 0 Å². The van der Waals surface area contributed by atoms with Crippen molar-refractivity contribution < 1.29 is 22.3 Å². The molecule has 0 bridgehead atoms. The van der Waals surface area contributed by atoms with E-state index in [-0.39, 0.29) is 5.56 Å². The Kier molecular flexibility index (Phi) is 4.20. The van der Waals surface area contributed by atoms with Gasteiger partial charge in [0.2, 0.25) is 5.69 Å². The summed E-state index contributed by atoms with van der Waals surface area (Å²) in [5, 5.41) is 0. The topological polar surface area (TPSA) is 78.2 Å². The first-order valence-corrected chi connectivity index (χ1v) is 7.85. The predicted molar refractivity (Wildman–Crippen MR) is 75.7 cm³/mol. The van der Waals surface area contributed by atoms with Crippen molar-refractivity contribution in [2.45, 2.75) is 25.3 Å². The van der Waals surface area contributed by atoms with Gasteiger partial charge in [-0.05, 0) is 32.0 Å². The fraction of sp³-hybridized carbons (Fsp3) is 0.200. The Morgan fingerprint density at radius 1 is 1.19 bits per heavy atom. The number of hydrogen-bond donors (Lipinski definition) is 0. The van der Waals surface area contributed by atoms with Crippen LogP contribution < -0.4 is 4.57 Å². The van der Waals surface area contributed by atoms with Crippen molar-refractivity contribution in [2.24, 2.45) is 0 Å².